The summed E-state index contributed by atoms with van der Waals surface area (Å²) in [7, 11) is 0. The number of fused-ring (bicyclic) bond motifs is 2. The van der Waals surface area contributed by atoms with Crippen LogP contribution in [-0.4, -0.2) is 24.1 Å². The van der Waals surface area contributed by atoms with Crippen LogP contribution in [0, 0.1) is 0 Å². The molecule has 29 heavy (non-hydrogen) atoms. The lowest BCUT2D eigenvalue weighted by Crippen LogP contribution is -2.25. The molecule has 6 nitrogen and oxygen atoms in total. The third-order valence-corrected chi connectivity index (χ3v) is 4.78. The highest BCUT2D eigenvalue weighted by Gasteiger charge is 2.33. The summed E-state index contributed by atoms with van der Waals surface area (Å²) in [5.74, 6) is -0.417. The number of nitrogens with two attached hydrogens (primary N) is 1. The van der Waals surface area contributed by atoms with Crippen molar-refractivity contribution >= 4 is 28.8 Å². The molecule has 0 atom stereocenters. The first-order chi connectivity index (χ1) is 14.0. The predicted octanol–water partition coefficient (Wildman–Crippen LogP) is 3.70. The van der Waals surface area contributed by atoms with Crippen molar-refractivity contribution < 1.29 is 19.1 Å². The van der Waals surface area contributed by atoms with Crippen molar-refractivity contribution in [1.82, 2.24) is 0 Å². The number of nitrogen functional groups attached to an aromatic ring is 1. The first-order valence-electron chi connectivity index (χ1n) is 9.16. The van der Waals surface area contributed by atoms with E-state index >= 15 is 0 Å². The molecule has 0 spiro atoms. The third-order valence-electron chi connectivity index (χ3n) is 4.78. The Hall–Kier alpha value is -3.93. The Morgan fingerprint density at radius 3 is 2.14 bits per heavy atom. The van der Waals surface area contributed by atoms with Crippen LogP contribution in [0.4, 0.5) is 11.4 Å². The number of anilines is 2. The molecule has 3 aromatic rings. The Bertz CT molecular complexity index is 1150. The van der Waals surface area contributed by atoms with Gasteiger partial charge in [0.2, 0.25) is 0 Å². The summed E-state index contributed by atoms with van der Waals surface area (Å²) in [4.78, 5) is 38.7. The average Bonchev–Trinajstić information content (AvgIpc) is 2.74. The highest BCUT2D eigenvalue weighted by atomic mass is 16.5. The van der Waals surface area contributed by atoms with Crippen molar-refractivity contribution in [3.63, 3.8) is 0 Å². The first kappa shape index (κ1) is 18.4. The van der Waals surface area contributed by atoms with Gasteiger partial charge in [-0.2, -0.15) is 0 Å². The minimum absolute atomic E-state index is 0.119. The SMILES string of the molecule is CCOc1ccc(C(=O)Nc2ccc(N)c3c2C(=O)c2ccccc2C3=O)cc1. The number of ether oxygens (including phenoxy) is 1. The smallest absolute Gasteiger partial charge is 0.255 e. The molecule has 0 bridgehead atoms. The highest BCUT2D eigenvalue weighted by Crippen LogP contribution is 2.35. The fourth-order valence-corrected chi connectivity index (χ4v) is 3.42. The van der Waals surface area contributed by atoms with Gasteiger partial charge in [0.1, 0.15) is 5.75 Å². The lowest BCUT2D eigenvalue weighted by Gasteiger charge is -2.21. The molecule has 0 heterocycles. The number of hydrogen-bond acceptors (Lipinski definition) is 5. The average molecular weight is 386 g/mol. The van der Waals surface area contributed by atoms with Gasteiger partial charge in [-0.25, -0.2) is 0 Å². The van der Waals surface area contributed by atoms with Gasteiger partial charge in [0.15, 0.2) is 11.6 Å². The number of carbonyl (C=O) groups is 3. The van der Waals surface area contributed by atoms with Crippen molar-refractivity contribution in [3.05, 3.63) is 88.5 Å². The van der Waals surface area contributed by atoms with Gasteiger partial charge in [-0.3, -0.25) is 14.4 Å². The second-order valence-electron chi connectivity index (χ2n) is 6.57. The Kier molecular flexibility index (Phi) is 4.60. The third kappa shape index (κ3) is 3.14. The predicted molar refractivity (Wildman–Crippen MR) is 110 cm³/mol. The van der Waals surface area contributed by atoms with Crippen molar-refractivity contribution in [3.8, 4) is 5.75 Å². The first-order valence-corrected chi connectivity index (χ1v) is 9.16. The number of carbonyl (C=O) groups excluding carboxylic acids is 3. The standard InChI is InChI=1S/C23H18N2O4/c1-2-29-14-9-7-13(8-10-14)23(28)25-18-12-11-17(24)19-20(18)22(27)16-6-4-3-5-15(16)21(19)26/h3-12H,2,24H2,1H3,(H,25,28). The molecule has 1 amide bonds. The lowest BCUT2D eigenvalue weighted by molar-refractivity contribution is 0.0979. The number of ketones is 2. The molecule has 3 aromatic carbocycles. The van der Waals surface area contributed by atoms with Gasteiger partial charge in [-0.1, -0.05) is 24.3 Å². The van der Waals surface area contributed by atoms with Gasteiger partial charge in [0, 0.05) is 22.4 Å². The molecule has 0 unspecified atom stereocenters. The van der Waals surface area contributed by atoms with E-state index in [1.54, 1.807) is 54.6 Å². The topological polar surface area (TPSA) is 98.5 Å². The summed E-state index contributed by atoms with van der Waals surface area (Å²) in [5.41, 5.74) is 7.71. The maximum Gasteiger partial charge on any atom is 0.255 e. The van der Waals surface area contributed by atoms with Crippen LogP contribution in [0.15, 0.2) is 60.7 Å². The second kappa shape index (κ2) is 7.24. The quantitative estimate of drug-likeness (QED) is 0.521. The molecule has 4 rings (SSSR count). The van der Waals surface area contributed by atoms with E-state index < -0.39 is 5.91 Å². The van der Waals surface area contributed by atoms with Gasteiger partial charge in [0.05, 0.1) is 23.4 Å². The van der Waals surface area contributed by atoms with E-state index in [9.17, 15) is 14.4 Å². The molecule has 0 saturated carbocycles. The normalized spacial score (nSPS) is 12.2. The molecule has 3 N–H and O–H groups in total. The second-order valence-corrected chi connectivity index (χ2v) is 6.57. The Morgan fingerprint density at radius 2 is 1.52 bits per heavy atom. The van der Waals surface area contributed by atoms with E-state index in [-0.39, 0.29) is 34.1 Å². The zero-order valence-corrected chi connectivity index (χ0v) is 15.7. The van der Waals surface area contributed by atoms with E-state index in [0.717, 1.165) is 0 Å². The summed E-state index contributed by atoms with van der Waals surface area (Å²) in [6.45, 7) is 2.40. The molecule has 0 saturated heterocycles. The van der Waals surface area contributed by atoms with Crippen molar-refractivity contribution in [1.29, 1.82) is 0 Å². The van der Waals surface area contributed by atoms with Crippen LogP contribution in [-0.2, 0) is 0 Å². The fourth-order valence-electron chi connectivity index (χ4n) is 3.42. The number of benzene rings is 3. The maximum absolute atomic E-state index is 13.1. The van der Waals surface area contributed by atoms with Crippen molar-refractivity contribution in [2.24, 2.45) is 0 Å². The van der Waals surface area contributed by atoms with Crippen LogP contribution in [0.25, 0.3) is 0 Å². The van der Waals surface area contributed by atoms with Crippen LogP contribution in [0.5, 0.6) is 5.75 Å². The van der Waals surface area contributed by atoms with E-state index in [1.165, 1.54) is 6.07 Å². The zero-order valence-electron chi connectivity index (χ0n) is 15.7. The van der Waals surface area contributed by atoms with Crippen molar-refractivity contribution in [2.75, 3.05) is 17.7 Å². The summed E-state index contributed by atoms with van der Waals surface area (Å²) < 4.78 is 5.38. The lowest BCUT2D eigenvalue weighted by atomic mass is 9.82. The molecular formula is C23H18N2O4. The number of amides is 1. The van der Waals surface area contributed by atoms with E-state index in [1.807, 2.05) is 6.92 Å². The minimum atomic E-state index is -0.404. The van der Waals surface area contributed by atoms with Crippen LogP contribution >= 0.6 is 0 Å². The van der Waals surface area contributed by atoms with Crippen LogP contribution in [0.1, 0.15) is 49.1 Å². The van der Waals surface area contributed by atoms with Gasteiger partial charge in [0.25, 0.3) is 5.91 Å². The van der Waals surface area contributed by atoms with E-state index in [0.29, 0.717) is 29.0 Å². The van der Waals surface area contributed by atoms with Gasteiger partial charge in [-0.15, -0.1) is 0 Å². The summed E-state index contributed by atoms with van der Waals surface area (Å²) in [6, 6.07) is 16.3. The molecule has 0 radical (unpaired) electrons. The largest absolute Gasteiger partial charge is 0.494 e. The molecule has 0 fully saturated rings. The molecule has 144 valence electrons. The van der Waals surface area contributed by atoms with Gasteiger partial charge in [-0.05, 0) is 43.3 Å². The molecule has 0 aromatic heterocycles. The number of nitrogens with one attached hydrogen (secondary N) is 1. The number of rotatable bonds is 4. The number of hydrogen-bond donors (Lipinski definition) is 2. The van der Waals surface area contributed by atoms with Crippen LogP contribution < -0.4 is 15.8 Å². The summed E-state index contributed by atoms with van der Waals surface area (Å²) >= 11 is 0. The van der Waals surface area contributed by atoms with Gasteiger partial charge >= 0.3 is 0 Å². The molecule has 6 heteroatoms. The fraction of sp³-hybridized carbons (Fsp3) is 0.0870. The minimum Gasteiger partial charge on any atom is -0.494 e. The van der Waals surface area contributed by atoms with Gasteiger partial charge < -0.3 is 15.8 Å². The molecule has 1 aliphatic carbocycles. The zero-order chi connectivity index (χ0) is 20.5. The molecule has 0 aliphatic heterocycles. The Labute approximate surface area is 167 Å². The van der Waals surface area contributed by atoms with Crippen molar-refractivity contribution in [2.45, 2.75) is 6.92 Å². The highest BCUT2D eigenvalue weighted by molar-refractivity contribution is 6.32. The molecule has 1 aliphatic rings. The van der Waals surface area contributed by atoms with Crippen LogP contribution in [0.3, 0.4) is 0 Å². The summed E-state index contributed by atoms with van der Waals surface area (Å²) in [5, 5.41) is 2.74. The van der Waals surface area contributed by atoms with E-state index in [4.69, 9.17) is 10.5 Å². The summed E-state index contributed by atoms with van der Waals surface area (Å²) in [6.07, 6.45) is 0. The maximum atomic E-state index is 13.1. The van der Waals surface area contributed by atoms with Crippen LogP contribution in [0.2, 0.25) is 0 Å². The monoisotopic (exact) mass is 386 g/mol. The Balaban J connectivity index is 1.72. The molecular weight excluding hydrogens is 368 g/mol. The van der Waals surface area contributed by atoms with E-state index in [2.05, 4.69) is 5.32 Å². The Morgan fingerprint density at radius 1 is 0.897 bits per heavy atom.